The molecule has 1 aliphatic rings. The molecule has 5 nitrogen and oxygen atoms in total. The van der Waals surface area contributed by atoms with E-state index in [1.807, 2.05) is 12.1 Å². The van der Waals surface area contributed by atoms with Crippen LogP contribution >= 0.6 is 0 Å². The number of fused-ring (bicyclic) bond motifs is 1. The Hall–Kier alpha value is -2.69. The van der Waals surface area contributed by atoms with Gasteiger partial charge in [-0.3, -0.25) is 0 Å². The molecule has 3 aromatic rings. The van der Waals surface area contributed by atoms with Crippen LogP contribution in [0.3, 0.4) is 0 Å². The first kappa shape index (κ1) is 13.0. The van der Waals surface area contributed by atoms with E-state index in [1.54, 1.807) is 12.5 Å². The highest BCUT2D eigenvalue weighted by atomic mass is 15.3. The molecule has 0 amide bonds. The summed E-state index contributed by atoms with van der Waals surface area (Å²) in [7, 11) is 0. The Bertz CT molecular complexity index is 761. The van der Waals surface area contributed by atoms with Crippen LogP contribution in [0.1, 0.15) is 0 Å². The lowest BCUT2D eigenvalue weighted by atomic mass is 10.2. The SMILES string of the molecule is c1ccc(N2CCN(c3ncnc4ncccc34)CC2)cc1. The van der Waals surface area contributed by atoms with Crippen LogP contribution in [0.5, 0.6) is 0 Å². The lowest BCUT2D eigenvalue weighted by Crippen LogP contribution is -2.46. The molecule has 110 valence electrons. The first-order valence-electron chi connectivity index (χ1n) is 7.52. The Labute approximate surface area is 129 Å². The fraction of sp³-hybridized carbons (Fsp3) is 0.235. The highest BCUT2D eigenvalue weighted by molar-refractivity contribution is 5.86. The number of hydrogen-bond donors (Lipinski definition) is 0. The number of rotatable bonds is 2. The van der Waals surface area contributed by atoms with Crippen molar-refractivity contribution in [3.63, 3.8) is 0 Å². The largest absolute Gasteiger partial charge is 0.368 e. The quantitative estimate of drug-likeness (QED) is 0.725. The van der Waals surface area contributed by atoms with Gasteiger partial charge in [0, 0.05) is 38.1 Å². The molecule has 1 aliphatic heterocycles. The Morgan fingerprint density at radius 1 is 0.727 bits per heavy atom. The highest BCUT2D eigenvalue weighted by Gasteiger charge is 2.20. The van der Waals surface area contributed by atoms with Crippen molar-refractivity contribution in [2.75, 3.05) is 36.0 Å². The molecule has 0 unspecified atom stereocenters. The van der Waals surface area contributed by atoms with Crippen LogP contribution in [0.15, 0.2) is 55.0 Å². The summed E-state index contributed by atoms with van der Waals surface area (Å²) in [5.41, 5.74) is 2.05. The Morgan fingerprint density at radius 2 is 1.50 bits per heavy atom. The molecule has 0 radical (unpaired) electrons. The van der Waals surface area contributed by atoms with Gasteiger partial charge in [-0.1, -0.05) is 18.2 Å². The first-order valence-corrected chi connectivity index (χ1v) is 7.52. The van der Waals surface area contributed by atoms with Crippen molar-refractivity contribution < 1.29 is 0 Å². The summed E-state index contributed by atoms with van der Waals surface area (Å²) in [5, 5.41) is 1.03. The average molecular weight is 291 g/mol. The van der Waals surface area contributed by atoms with Gasteiger partial charge in [0.15, 0.2) is 5.65 Å². The zero-order chi connectivity index (χ0) is 14.8. The second kappa shape index (κ2) is 5.60. The molecule has 4 rings (SSSR count). The molecule has 0 spiro atoms. The molecule has 0 atom stereocenters. The van der Waals surface area contributed by atoms with Crippen LogP contribution in [0.2, 0.25) is 0 Å². The van der Waals surface area contributed by atoms with Crippen molar-refractivity contribution in [3.8, 4) is 0 Å². The number of anilines is 2. The summed E-state index contributed by atoms with van der Waals surface area (Å²) in [5.74, 6) is 0.991. The molecule has 1 aromatic carbocycles. The number of benzene rings is 1. The molecule has 22 heavy (non-hydrogen) atoms. The predicted octanol–water partition coefficient (Wildman–Crippen LogP) is 2.35. The van der Waals surface area contributed by atoms with E-state index in [0.29, 0.717) is 0 Å². The fourth-order valence-corrected chi connectivity index (χ4v) is 2.95. The van der Waals surface area contributed by atoms with Crippen LogP contribution in [0.4, 0.5) is 11.5 Å². The monoisotopic (exact) mass is 291 g/mol. The summed E-state index contributed by atoms with van der Waals surface area (Å²) in [4.78, 5) is 17.8. The van der Waals surface area contributed by atoms with Crippen molar-refractivity contribution in [1.29, 1.82) is 0 Å². The van der Waals surface area contributed by atoms with E-state index in [0.717, 1.165) is 43.0 Å². The molecule has 0 aliphatic carbocycles. The molecular formula is C17H17N5. The molecule has 5 heteroatoms. The Kier molecular flexibility index (Phi) is 3.31. The molecule has 2 aromatic heterocycles. The Morgan fingerprint density at radius 3 is 2.32 bits per heavy atom. The lowest BCUT2D eigenvalue weighted by Gasteiger charge is -2.37. The number of nitrogens with zero attached hydrogens (tertiary/aromatic N) is 5. The second-order valence-corrected chi connectivity index (χ2v) is 5.38. The topological polar surface area (TPSA) is 45.2 Å². The molecular weight excluding hydrogens is 274 g/mol. The maximum Gasteiger partial charge on any atom is 0.164 e. The van der Waals surface area contributed by atoms with E-state index in [-0.39, 0.29) is 0 Å². The minimum absolute atomic E-state index is 0.762. The van der Waals surface area contributed by atoms with Crippen LogP contribution < -0.4 is 9.80 Å². The summed E-state index contributed by atoms with van der Waals surface area (Å²) >= 11 is 0. The summed E-state index contributed by atoms with van der Waals surface area (Å²) < 4.78 is 0. The normalized spacial score (nSPS) is 15.3. The first-order chi connectivity index (χ1) is 10.9. The zero-order valence-electron chi connectivity index (χ0n) is 12.3. The predicted molar refractivity (Wildman–Crippen MR) is 88.2 cm³/mol. The second-order valence-electron chi connectivity index (χ2n) is 5.38. The zero-order valence-corrected chi connectivity index (χ0v) is 12.3. The van der Waals surface area contributed by atoms with Gasteiger partial charge in [-0.15, -0.1) is 0 Å². The average Bonchev–Trinajstić information content (AvgIpc) is 2.62. The van der Waals surface area contributed by atoms with Crippen molar-refractivity contribution in [1.82, 2.24) is 15.0 Å². The van der Waals surface area contributed by atoms with E-state index in [9.17, 15) is 0 Å². The summed E-state index contributed by atoms with van der Waals surface area (Å²) in [6.45, 7) is 3.90. The third kappa shape index (κ3) is 2.35. The number of para-hydroxylation sites is 1. The van der Waals surface area contributed by atoms with E-state index in [2.05, 4.69) is 55.1 Å². The van der Waals surface area contributed by atoms with E-state index in [1.165, 1.54) is 5.69 Å². The lowest BCUT2D eigenvalue weighted by molar-refractivity contribution is 0.649. The van der Waals surface area contributed by atoms with Crippen molar-refractivity contribution in [3.05, 3.63) is 55.0 Å². The Balaban J connectivity index is 1.56. The molecule has 1 fully saturated rings. The van der Waals surface area contributed by atoms with Crippen LogP contribution in [0, 0.1) is 0 Å². The maximum absolute atomic E-state index is 4.48. The molecule has 0 N–H and O–H groups in total. The third-order valence-electron chi connectivity index (χ3n) is 4.09. The maximum atomic E-state index is 4.48. The van der Waals surface area contributed by atoms with Crippen LogP contribution in [0.25, 0.3) is 11.0 Å². The van der Waals surface area contributed by atoms with Gasteiger partial charge in [-0.2, -0.15) is 0 Å². The van der Waals surface area contributed by atoms with Gasteiger partial charge in [0.1, 0.15) is 12.1 Å². The van der Waals surface area contributed by atoms with Gasteiger partial charge in [0.2, 0.25) is 0 Å². The number of aromatic nitrogens is 3. The van der Waals surface area contributed by atoms with Gasteiger partial charge >= 0.3 is 0 Å². The van der Waals surface area contributed by atoms with Gasteiger partial charge < -0.3 is 9.80 Å². The fourth-order valence-electron chi connectivity index (χ4n) is 2.95. The smallest absolute Gasteiger partial charge is 0.164 e. The molecule has 3 heterocycles. The van der Waals surface area contributed by atoms with Gasteiger partial charge in [0.25, 0.3) is 0 Å². The van der Waals surface area contributed by atoms with Crippen LogP contribution in [-0.2, 0) is 0 Å². The number of piperazine rings is 1. The van der Waals surface area contributed by atoms with Gasteiger partial charge in [-0.25, -0.2) is 15.0 Å². The van der Waals surface area contributed by atoms with E-state index >= 15 is 0 Å². The number of hydrogen-bond acceptors (Lipinski definition) is 5. The minimum atomic E-state index is 0.762. The van der Waals surface area contributed by atoms with Crippen molar-refractivity contribution >= 4 is 22.5 Å². The van der Waals surface area contributed by atoms with Crippen LogP contribution in [-0.4, -0.2) is 41.1 Å². The molecule has 0 saturated carbocycles. The molecule has 1 saturated heterocycles. The highest BCUT2D eigenvalue weighted by Crippen LogP contribution is 2.23. The standard InChI is InChI=1S/C17H17N5/c1-2-5-14(6-3-1)21-9-11-22(12-10-21)17-15-7-4-8-18-16(15)19-13-20-17/h1-8,13H,9-12H2. The third-order valence-corrected chi connectivity index (χ3v) is 4.09. The number of pyridine rings is 1. The van der Waals surface area contributed by atoms with Crippen molar-refractivity contribution in [2.24, 2.45) is 0 Å². The van der Waals surface area contributed by atoms with Gasteiger partial charge in [0.05, 0.1) is 5.39 Å². The minimum Gasteiger partial charge on any atom is -0.368 e. The van der Waals surface area contributed by atoms with E-state index in [4.69, 9.17) is 0 Å². The van der Waals surface area contributed by atoms with Crippen molar-refractivity contribution in [2.45, 2.75) is 0 Å². The summed E-state index contributed by atoms with van der Waals surface area (Å²) in [6.07, 6.45) is 3.38. The van der Waals surface area contributed by atoms with Gasteiger partial charge in [-0.05, 0) is 24.3 Å². The summed E-state index contributed by atoms with van der Waals surface area (Å²) in [6, 6.07) is 14.5. The molecule has 0 bridgehead atoms. The van der Waals surface area contributed by atoms with E-state index < -0.39 is 0 Å².